The molecular formula is C11H15NO5. The molecule has 1 heterocycles. The van der Waals surface area contributed by atoms with E-state index in [1.165, 1.54) is 0 Å². The topological polar surface area (TPSA) is 81.7 Å². The quantitative estimate of drug-likeness (QED) is 0.543. The highest BCUT2D eigenvalue weighted by molar-refractivity contribution is 5.90. The summed E-state index contributed by atoms with van der Waals surface area (Å²) in [5.41, 5.74) is -0.546. The molecule has 1 saturated heterocycles. The summed E-state index contributed by atoms with van der Waals surface area (Å²) in [5, 5.41) is 2.26. The van der Waals surface area contributed by atoms with Crippen LogP contribution in [0.5, 0.6) is 0 Å². The number of hydrogen-bond acceptors (Lipinski definition) is 5. The van der Waals surface area contributed by atoms with Gasteiger partial charge in [0.05, 0.1) is 0 Å². The van der Waals surface area contributed by atoms with Gasteiger partial charge in [0.25, 0.3) is 0 Å². The van der Waals surface area contributed by atoms with Gasteiger partial charge < -0.3 is 14.8 Å². The van der Waals surface area contributed by atoms with Gasteiger partial charge in [0.1, 0.15) is 13.2 Å². The SMILES string of the molecule is C=CC(=O)NCC(=O)OC1C(=O)OCC1(C)C. The van der Waals surface area contributed by atoms with E-state index < -0.39 is 29.4 Å². The highest BCUT2D eigenvalue weighted by Crippen LogP contribution is 2.30. The van der Waals surface area contributed by atoms with Crippen molar-refractivity contribution in [1.29, 1.82) is 0 Å². The number of nitrogens with one attached hydrogen (secondary N) is 1. The molecule has 0 saturated carbocycles. The molecule has 1 atom stereocenters. The minimum Gasteiger partial charge on any atom is -0.462 e. The molecule has 1 fully saturated rings. The Hall–Kier alpha value is -1.85. The third-order valence-electron chi connectivity index (χ3n) is 2.35. The van der Waals surface area contributed by atoms with Crippen LogP contribution in [0.15, 0.2) is 12.7 Å². The lowest BCUT2D eigenvalue weighted by molar-refractivity contribution is -0.162. The molecule has 0 aromatic heterocycles. The second-order valence-corrected chi connectivity index (χ2v) is 4.39. The number of hydrogen-bond donors (Lipinski definition) is 1. The van der Waals surface area contributed by atoms with Crippen molar-refractivity contribution in [3.8, 4) is 0 Å². The fourth-order valence-corrected chi connectivity index (χ4v) is 1.34. The van der Waals surface area contributed by atoms with Crippen molar-refractivity contribution in [3.05, 3.63) is 12.7 Å². The molecule has 17 heavy (non-hydrogen) atoms. The summed E-state index contributed by atoms with van der Waals surface area (Å²) < 4.78 is 9.78. The Kier molecular flexibility index (Phi) is 3.88. The summed E-state index contributed by atoms with van der Waals surface area (Å²) in [6.07, 6.45) is 0.122. The van der Waals surface area contributed by atoms with Crippen LogP contribution in [-0.2, 0) is 23.9 Å². The molecule has 1 amide bonds. The van der Waals surface area contributed by atoms with Gasteiger partial charge in [0, 0.05) is 5.41 Å². The lowest BCUT2D eigenvalue weighted by atomic mass is 9.90. The van der Waals surface area contributed by atoms with E-state index in [1.807, 2.05) is 0 Å². The Bertz CT molecular complexity index is 361. The van der Waals surface area contributed by atoms with Crippen LogP contribution in [0, 0.1) is 5.41 Å². The van der Waals surface area contributed by atoms with Crippen molar-refractivity contribution in [2.75, 3.05) is 13.2 Å². The molecule has 0 aromatic rings. The number of esters is 2. The maximum absolute atomic E-state index is 11.4. The fourth-order valence-electron chi connectivity index (χ4n) is 1.34. The molecule has 0 aliphatic carbocycles. The molecular weight excluding hydrogens is 226 g/mol. The van der Waals surface area contributed by atoms with Gasteiger partial charge in [-0.1, -0.05) is 20.4 Å². The summed E-state index contributed by atoms with van der Waals surface area (Å²) in [4.78, 5) is 33.5. The largest absolute Gasteiger partial charge is 0.462 e. The van der Waals surface area contributed by atoms with Gasteiger partial charge in [0.2, 0.25) is 12.0 Å². The molecule has 6 nitrogen and oxygen atoms in total. The standard InChI is InChI=1S/C11H15NO5/c1-4-7(13)12-5-8(14)17-9-10(15)16-6-11(9,2)3/h4,9H,1,5-6H2,2-3H3,(H,12,13). The summed E-state index contributed by atoms with van der Waals surface area (Å²) in [5.74, 6) is -1.72. The minimum atomic E-state index is -0.921. The maximum atomic E-state index is 11.4. The van der Waals surface area contributed by atoms with Gasteiger partial charge in [-0.05, 0) is 6.08 Å². The molecule has 1 rings (SSSR count). The first-order chi connectivity index (χ1) is 7.86. The molecule has 1 aliphatic heterocycles. The molecule has 1 aliphatic rings. The minimum absolute atomic E-state index is 0.211. The van der Waals surface area contributed by atoms with Gasteiger partial charge in [-0.3, -0.25) is 9.59 Å². The highest BCUT2D eigenvalue weighted by atomic mass is 16.6. The van der Waals surface area contributed by atoms with Crippen LogP contribution in [0.2, 0.25) is 0 Å². The van der Waals surface area contributed by atoms with E-state index in [-0.39, 0.29) is 13.2 Å². The van der Waals surface area contributed by atoms with Crippen molar-refractivity contribution in [1.82, 2.24) is 5.32 Å². The van der Waals surface area contributed by atoms with Gasteiger partial charge >= 0.3 is 11.9 Å². The van der Waals surface area contributed by atoms with Crippen molar-refractivity contribution >= 4 is 17.8 Å². The maximum Gasteiger partial charge on any atom is 0.348 e. The van der Waals surface area contributed by atoms with Gasteiger partial charge in [-0.15, -0.1) is 0 Å². The van der Waals surface area contributed by atoms with Crippen LogP contribution >= 0.6 is 0 Å². The average Bonchev–Trinajstić information content (AvgIpc) is 2.53. The van der Waals surface area contributed by atoms with E-state index in [0.29, 0.717) is 0 Å². The van der Waals surface area contributed by atoms with Crippen LogP contribution in [0.4, 0.5) is 0 Å². The van der Waals surface area contributed by atoms with Crippen molar-refractivity contribution in [2.24, 2.45) is 5.41 Å². The third-order valence-corrected chi connectivity index (χ3v) is 2.35. The Morgan fingerprint density at radius 2 is 2.29 bits per heavy atom. The zero-order valence-electron chi connectivity index (χ0n) is 9.82. The number of cyclic esters (lactones) is 1. The van der Waals surface area contributed by atoms with E-state index in [0.717, 1.165) is 6.08 Å². The van der Waals surface area contributed by atoms with Crippen LogP contribution in [0.1, 0.15) is 13.8 Å². The predicted molar refractivity (Wildman–Crippen MR) is 57.8 cm³/mol. The fraction of sp³-hybridized carbons (Fsp3) is 0.545. The summed E-state index contributed by atoms with van der Waals surface area (Å²) in [6, 6.07) is 0. The zero-order valence-corrected chi connectivity index (χ0v) is 9.82. The van der Waals surface area contributed by atoms with E-state index in [9.17, 15) is 14.4 Å². The second-order valence-electron chi connectivity index (χ2n) is 4.39. The monoisotopic (exact) mass is 241 g/mol. The Balaban J connectivity index is 2.48. The second kappa shape index (κ2) is 4.99. The zero-order chi connectivity index (χ0) is 13.1. The molecule has 1 N–H and O–H groups in total. The van der Waals surface area contributed by atoms with E-state index >= 15 is 0 Å². The number of amides is 1. The summed E-state index contributed by atoms with van der Waals surface area (Å²) in [6.45, 7) is 6.67. The van der Waals surface area contributed by atoms with Crippen LogP contribution in [0.3, 0.4) is 0 Å². The number of rotatable bonds is 4. The van der Waals surface area contributed by atoms with Crippen LogP contribution in [0.25, 0.3) is 0 Å². The molecule has 1 unspecified atom stereocenters. The molecule has 0 aromatic carbocycles. The molecule has 0 radical (unpaired) electrons. The first-order valence-corrected chi connectivity index (χ1v) is 5.13. The van der Waals surface area contributed by atoms with E-state index in [1.54, 1.807) is 13.8 Å². The number of ether oxygens (including phenoxy) is 2. The first kappa shape index (κ1) is 13.2. The van der Waals surface area contributed by atoms with Gasteiger partial charge in [-0.2, -0.15) is 0 Å². The van der Waals surface area contributed by atoms with Crippen molar-refractivity contribution < 1.29 is 23.9 Å². The predicted octanol–water partition coefficient (Wildman–Crippen LogP) is -0.217. The number of carbonyl (C=O) groups excluding carboxylic acids is 3. The number of carbonyl (C=O) groups is 3. The normalized spacial score (nSPS) is 21.5. The lowest BCUT2D eigenvalue weighted by Crippen LogP contribution is -2.38. The van der Waals surface area contributed by atoms with E-state index in [4.69, 9.17) is 9.47 Å². The third kappa shape index (κ3) is 3.30. The van der Waals surface area contributed by atoms with Gasteiger partial charge in [-0.25, -0.2) is 4.79 Å². The average molecular weight is 241 g/mol. The molecule has 6 heteroatoms. The highest BCUT2D eigenvalue weighted by Gasteiger charge is 2.46. The van der Waals surface area contributed by atoms with Crippen molar-refractivity contribution in [2.45, 2.75) is 20.0 Å². The van der Waals surface area contributed by atoms with Gasteiger partial charge in [0.15, 0.2) is 0 Å². The summed E-state index contributed by atoms with van der Waals surface area (Å²) in [7, 11) is 0. The molecule has 0 bridgehead atoms. The lowest BCUT2D eigenvalue weighted by Gasteiger charge is -2.21. The Labute approximate surface area is 99.0 Å². The smallest absolute Gasteiger partial charge is 0.348 e. The Morgan fingerprint density at radius 1 is 1.65 bits per heavy atom. The van der Waals surface area contributed by atoms with Crippen LogP contribution < -0.4 is 5.32 Å². The van der Waals surface area contributed by atoms with E-state index in [2.05, 4.69) is 11.9 Å². The Morgan fingerprint density at radius 3 is 2.76 bits per heavy atom. The summed E-state index contributed by atoms with van der Waals surface area (Å²) >= 11 is 0. The molecule has 0 spiro atoms. The molecule has 94 valence electrons. The van der Waals surface area contributed by atoms with Crippen LogP contribution in [-0.4, -0.2) is 37.1 Å². The van der Waals surface area contributed by atoms with Crippen molar-refractivity contribution in [3.63, 3.8) is 0 Å². The first-order valence-electron chi connectivity index (χ1n) is 5.13.